The summed E-state index contributed by atoms with van der Waals surface area (Å²) >= 11 is 0. The van der Waals surface area contributed by atoms with Crippen LogP contribution in [0.5, 0.6) is 0 Å². The second-order valence-electron chi connectivity index (χ2n) is 10.9. The van der Waals surface area contributed by atoms with Gasteiger partial charge in [-0.05, 0) is 69.1 Å². The van der Waals surface area contributed by atoms with E-state index in [1.807, 2.05) is 12.1 Å². The van der Waals surface area contributed by atoms with Crippen molar-refractivity contribution in [3.8, 4) is 22.3 Å². The van der Waals surface area contributed by atoms with E-state index < -0.39 is 0 Å². The lowest BCUT2D eigenvalue weighted by molar-refractivity contribution is 0.660. The molecule has 0 heterocycles. The quantitative estimate of drug-likeness (QED) is 0.213. The Kier molecular flexibility index (Phi) is 5.54. The van der Waals surface area contributed by atoms with Crippen molar-refractivity contribution >= 4 is 33.5 Å². The molecule has 0 saturated heterocycles. The standard InChI is InChI=1S/C38H28N2/c1-38(2)34-17-8-7-15-32(34)33-24-23-30(25-35(33)38)40(29-21-19-28(39-3)20-22-29)36-18-10-14-27-13-9-16-31(37(27)36)26-11-5-4-6-12-26/h4-25H,1-2H3. The summed E-state index contributed by atoms with van der Waals surface area (Å²) in [4.78, 5) is 5.99. The average Bonchev–Trinajstić information content (AvgIpc) is 3.24. The summed E-state index contributed by atoms with van der Waals surface area (Å²) in [7, 11) is 0. The van der Waals surface area contributed by atoms with E-state index >= 15 is 0 Å². The van der Waals surface area contributed by atoms with Crippen LogP contribution in [0, 0.1) is 6.57 Å². The van der Waals surface area contributed by atoms with E-state index in [1.54, 1.807) is 0 Å². The monoisotopic (exact) mass is 512 g/mol. The Bertz CT molecular complexity index is 1920. The van der Waals surface area contributed by atoms with Crippen molar-refractivity contribution < 1.29 is 0 Å². The maximum Gasteiger partial charge on any atom is 0.187 e. The molecular formula is C38H28N2. The molecule has 2 nitrogen and oxygen atoms in total. The Balaban J connectivity index is 1.50. The van der Waals surface area contributed by atoms with E-state index in [0.29, 0.717) is 5.69 Å². The third kappa shape index (κ3) is 3.71. The number of hydrogen-bond donors (Lipinski definition) is 0. The highest BCUT2D eigenvalue weighted by Crippen LogP contribution is 2.51. The molecular weight excluding hydrogens is 484 g/mol. The van der Waals surface area contributed by atoms with E-state index in [2.05, 4.69) is 145 Å². The van der Waals surface area contributed by atoms with E-state index in [4.69, 9.17) is 6.57 Å². The molecule has 0 bridgehead atoms. The van der Waals surface area contributed by atoms with E-state index in [1.165, 1.54) is 44.2 Å². The highest BCUT2D eigenvalue weighted by Gasteiger charge is 2.35. The Morgan fingerprint density at radius 1 is 0.575 bits per heavy atom. The van der Waals surface area contributed by atoms with Gasteiger partial charge in [-0.1, -0.05) is 117 Å². The molecule has 0 aliphatic heterocycles. The fourth-order valence-corrected chi connectivity index (χ4v) is 6.30. The molecule has 0 aromatic heterocycles. The van der Waals surface area contributed by atoms with Crippen molar-refractivity contribution in [2.45, 2.75) is 19.3 Å². The molecule has 0 amide bonds. The van der Waals surface area contributed by atoms with Gasteiger partial charge in [-0.25, -0.2) is 4.85 Å². The zero-order chi connectivity index (χ0) is 27.3. The maximum atomic E-state index is 7.48. The fourth-order valence-electron chi connectivity index (χ4n) is 6.30. The number of benzene rings is 6. The second kappa shape index (κ2) is 9.26. The van der Waals surface area contributed by atoms with Gasteiger partial charge in [0, 0.05) is 22.2 Å². The van der Waals surface area contributed by atoms with E-state index in [-0.39, 0.29) is 5.41 Å². The summed E-state index contributed by atoms with van der Waals surface area (Å²) in [6.45, 7) is 12.1. The van der Waals surface area contributed by atoms with Crippen LogP contribution in [0.2, 0.25) is 0 Å². The van der Waals surface area contributed by atoms with Crippen LogP contribution in [0.3, 0.4) is 0 Å². The Hall–Kier alpha value is -5.13. The smallest absolute Gasteiger partial charge is 0.187 e. The normalized spacial score (nSPS) is 12.9. The van der Waals surface area contributed by atoms with Crippen molar-refractivity contribution in [1.29, 1.82) is 0 Å². The van der Waals surface area contributed by atoms with Gasteiger partial charge < -0.3 is 4.90 Å². The first-order chi connectivity index (χ1) is 19.6. The summed E-state index contributed by atoms with van der Waals surface area (Å²) in [5, 5.41) is 2.39. The lowest BCUT2D eigenvalue weighted by Gasteiger charge is -2.29. The molecule has 40 heavy (non-hydrogen) atoms. The highest BCUT2D eigenvalue weighted by atomic mass is 15.1. The van der Waals surface area contributed by atoms with Gasteiger partial charge >= 0.3 is 0 Å². The molecule has 1 aliphatic carbocycles. The molecule has 1 aliphatic rings. The number of fused-ring (bicyclic) bond motifs is 4. The van der Waals surface area contributed by atoms with Crippen molar-refractivity contribution in [3.05, 3.63) is 156 Å². The Labute approximate surface area is 235 Å². The average molecular weight is 513 g/mol. The molecule has 0 saturated carbocycles. The van der Waals surface area contributed by atoms with Crippen LogP contribution in [0.15, 0.2) is 133 Å². The van der Waals surface area contributed by atoms with Crippen LogP contribution in [0.1, 0.15) is 25.0 Å². The van der Waals surface area contributed by atoms with Gasteiger partial charge in [-0.2, -0.15) is 0 Å². The zero-order valence-electron chi connectivity index (χ0n) is 22.6. The molecule has 7 rings (SSSR count). The number of rotatable bonds is 4. The molecule has 0 radical (unpaired) electrons. The van der Waals surface area contributed by atoms with Gasteiger partial charge in [0.15, 0.2) is 5.69 Å². The lowest BCUT2D eigenvalue weighted by Crippen LogP contribution is -2.16. The Morgan fingerprint density at radius 3 is 2.00 bits per heavy atom. The molecule has 6 aromatic carbocycles. The molecule has 0 atom stereocenters. The minimum atomic E-state index is -0.102. The van der Waals surface area contributed by atoms with Crippen LogP contribution in [-0.4, -0.2) is 0 Å². The van der Waals surface area contributed by atoms with Crippen LogP contribution in [0.25, 0.3) is 37.9 Å². The Morgan fingerprint density at radius 2 is 1.23 bits per heavy atom. The van der Waals surface area contributed by atoms with Crippen LogP contribution < -0.4 is 4.90 Å². The second-order valence-corrected chi connectivity index (χ2v) is 10.9. The summed E-state index contributed by atoms with van der Waals surface area (Å²) in [6, 6.07) is 47.3. The summed E-state index contributed by atoms with van der Waals surface area (Å²) in [6.07, 6.45) is 0. The SMILES string of the molecule is [C-]#[N+]c1ccc(N(c2ccc3c(c2)C(C)(C)c2ccccc2-3)c2cccc3cccc(-c4ccccc4)c23)cc1. The molecule has 0 spiro atoms. The summed E-state index contributed by atoms with van der Waals surface area (Å²) in [5.74, 6) is 0. The molecule has 0 unspecified atom stereocenters. The molecule has 2 heteroatoms. The first-order valence-electron chi connectivity index (χ1n) is 13.7. The summed E-state index contributed by atoms with van der Waals surface area (Å²) < 4.78 is 0. The van der Waals surface area contributed by atoms with E-state index in [0.717, 1.165) is 17.1 Å². The topological polar surface area (TPSA) is 7.60 Å². The van der Waals surface area contributed by atoms with Gasteiger partial charge in [-0.15, -0.1) is 0 Å². The predicted molar refractivity (Wildman–Crippen MR) is 168 cm³/mol. The molecule has 6 aromatic rings. The van der Waals surface area contributed by atoms with Crippen molar-refractivity contribution in [2.24, 2.45) is 0 Å². The molecule has 0 fully saturated rings. The fraction of sp³-hybridized carbons (Fsp3) is 0.0789. The molecule has 0 N–H and O–H groups in total. The zero-order valence-corrected chi connectivity index (χ0v) is 22.6. The highest BCUT2D eigenvalue weighted by molar-refractivity contribution is 6.08. The van der Waals surface area contributed by atoms with Crippen molar-refractivity contribution in [3.63, 3.8) is 0 Å². The maximum absolute atomic E-state index is 7.48. The minimum Gasteiger partial charge on any atom is -0.310 e. The number of anilines is 3. The van der Waals surface area contributed by atoms with Crippen LogP contribution in [-0.2, 0) is 5.41 Å². The lowest BCUT2D eigenvalue weighted by atomic mass is 9.82. The largest absolute Gasteiger partial charge is 0.310 e. The molecule has 190 valence electrons. The van der Waals surface area contributed by atoms with Gasteiger partial charge in [0.25, 0.3) is 0 Å². The first kappa shape index (κ1) is 23.9. The first-order valence-corrected chi connectivity index (χ1v) is 13.7. The number of nitrogens with zero attached hydrogens (tertiary/aromatic N) is 2. The van der Waals surface area contributed by atoms with Crippen LogP contribution in [0.4, 0.5) is 22.7 Å². The van der Waals surface area contributed by atoms with Crippen molar-refractivity contribution in [1.82, 2.24) is 0 Å². The number of hydrogen-bond acceptors (Lipinski definition) is 1. The minimum absolute atomic E-state index is 0.102. The summed E-state index contributed by atoms with van der Waals surface area (Å²) in [5.41, 5.74) is 11.5. The van der Waals surface area contributed by atoms with E-state index in [9.17, 15) is 0 Å². The van der Waals surface area contributed by atoms with Gasteiger partial charge in [0.2, 0.25) is 0 Å². The van der Waals surface area contributed by atoms with Gasteiger partial charge in [0.1, 0.15) is 0 Å². The third-order valence-electron chi connectivity index (χ3n) is 8.27. The predicted octanol–water partition coefficient (Wildman–Crippen LogP) is 10.8. The van der Waals surface area contributed by atoms with Gasteiger partial charge in [0.05, 0.1) is 12.3 Å². The van der Waals surface area contributed by atoms with Gasteiger partial charge in [-0.3, -0.25) is 0 Å². The van der Waals surface area contributed by atoms with Crippen molar-refractivity contribution in [2.75, 3.05) is 4.90 Å². The van der Waals surface area contributed by atoms with Crippen LogP contribution >= 0.6 is 0 Å². The third-order valence-corrected chi connectivity index (χ3v) is 8.27.